The molecule has 162 valence electrons. The Hall–Kier alpha value is -2.15. The van der Waals surface area contributed by atoms with Crippen molar-refractivity contribution in [1.82, 2.24) is 0 Å². The first-order chi connectivity index (χ1) is 13.9. The quantitative estimate of drug-likeness (QED) is 0.550. The molecule has 3 fully saturated rings. The molecule has 3 saturated carbocycles. The van der Waals surface area contributed by atoms with Gasteiger partial charge in [-0.05, 0) is 50.5 Å². The van der Waals surface area contributed by atoms with Crippen molar-refractivity contribution in [3.8, 4) is 0 Å². The van der Waals surface area contributed by atoms with Gasteiger partial charge in [-0.25, -0.2) is 0 Å². The van der Waals surface area contributed by atoms with Crippen LogP contribution in [0.25, 0.3) is 0 Å². The standard InChI is InChI=1S/C23H28O7/c1-12(24)30-11-19(28)23(29)7-6-16-15-5-4-13-8-14(25)9-18(27)22(13,3)20(15)17(26)10-21(16,23)2/h8,15-16,20,29H,4-7,9-11H2,1-3H3/t15-,16-,20+,21-,22+,23-/m0/s1. The van der Waals surface area contributed by atoms with Crippen LogP contribution in [0.4, 0.5) is 0 Å². The summed E-state index contributed by atoms with van der Waals surface area (Å²) in [5.41, 5.74) is -2.93. The van der Waals surface area contributed by atoms with Gasteiger partial charge in [-0.2, -0.15) is 0 Å². The number of hydrogen-bond donors (Lipinski definition) is 1. The van der Waals surface area contributed by atoms with Gasteiger partial charge >= 0.3 is 5.97 Å². The molecule has 0 saturated heterocycles. The fraction of sp³-hybridized carbons (Fsp3) is 0.696. The van der Waals surface area contributed by atoms with E-state index in [1.54, 1.807) is 19.9 Å². The Morgan fingerprint density at radius 2 is 1.90 bits per heavy atom. The molecular formula is C23H28O7. The van der Waals surface area contributed by atoms with E-state index < -0.39 is 40.7 Å². The van der Waals surface area contributed by atoms with Gasteiger partial charge in [-0.3, -0.25) is 24.0 Å². The highest BCUT2D eigenvalue weighted by atomic mass is 16.5. The van der Waals surface area contributed by atoms with E-state index >= 15 is 0 Å². The Labute approximate surface area is 175 Å². The number of fused-ring (bicyclic) bond motifs is 5. The van der Waals surface area contributed by atoms with Crippen LogP contribution < -0.4 is 0 Å². The maximum absolute atomic E-state index is 13.5. The van der Waals surface area contributed by atoms with E-state index in [-0.39, 0.29) is 48.4 Å². The van der Waals surface area contributed by atoms with Gasteiger partial charge in [0.25, 0.3) is 0 Å². The molecule has 0 aromatic rings. The average molecular weight is 416 g/mol. The second kappa shape index (κ2) is 6.67. The van der Waals surface area contributed by atoms with Crippen LogP contribution in [0.5, 0.6) is 0 Å². The van der Waals surface area contributed by atoms with E-state index in [4.69, 9.17) is 4.74 Å². The van der Waals surface area contributed by atoms with Crippen LogP contribution in [0.1, 0.15) is 59.3 Å². The molecule has 1 N–H and O–H groups in total. The van der Waals surface area contributed by atoms with Gasteiger partial charge in [0, 0.05) is 24.7 Å². The van der Waals surface area contributed by atoms with Gasteiger partial charge < -0.3 is 9.84 Å². The number of hydrogen-bond acceptors (Lipinski definition) is 7. The zero-order valence-corrected chi connectivity index (χ0v) is 17.7. The monoisotopic (exact) mass is 416 g/mol. The molecule has 6 atom stereocenters. The second-order valence-electron chi connectivity index (χ2n) is 9.89. The van der Waals surface area contributed by atoms with Crippen molar-refractivity contribution in [2.75, 3.05) is 6.61 Å². The van der Waals surface area contributed by atoms with Crippen LogP contribution in [0.3, 0.4) is 0 Å². The molecular weight excluding hydrogens is 388 g/mol. The minimum Gasteiger partial charge on any atom is -0.458 e. The molecule has 0 aromatic heterocycles. The zero-order valence-electron chi connectivity index (χ0n) is 17.7. The Morgan fingerprint density at radius 3 is 2.57 bits per heavy atom. The highest BCUT2D eigenvalue weighted by molar-refractivity contribution is 6.13. The van der Waals surface area contributed by atoms with Gasteiger partial charge in [0.05, 0.1) is 11.8 Å². The molecule has 30 heavy (non-hydrogen) atoms. The summed E-state index contributed by atoms with van der Waals surface area (Å²) in [4.78, 5) is 62.3. The molecule has 0 radical (unpaired) electrons. The van der Waals surface area contributed by atoms with Crippen molar-refractivity contribution in [3.05, 3.63) is 11.6 Å². The number of ether oxygens (including phenoxy) is 1. The normalized spacial score (nSPS) is 42.7. The number of aliphatic hydroxyl groups is 1. The van der Waals surface area contributed by atoms with E-state index in [0.29, 0.717) is 19.3 Å². The second-order valence-corrected chi connectivity index (χ2v) is 9.89. The molecule has 0 aliphatic heterocycles. The molecule has 0 spiro atoms. The molecule has 7 heteroatoms. The maximum atomic E-state index is 13.5. The number of carbonyl (C=O) groups is 5. The Kier molecular flexibility index (Phi) is 4.69. The molecule has 0 aromatic carbocycles. The van der Waals surface area contributed by atoms with Gasteiger partial charge in [0.1, 0.15) is 11.4 Å². The number of allylic oxidation sites excluding steroid dienone is 1. The number of rotatable bonds is 3. The van der Waals surface area contributed by atoms with Crippen molar-refractivity contribution in [3.63, 3.8) is 0 Å². The predicted octanol–water partition coefficient (Wildman–Crippen LogP) is 1.74. The summed E-state index contributed by atoms with van der Waals surface area (Å²) in [5.74, 6) is -2.47. The lowest BCUT2D eigenvalue weighted by atomic mass is 9.45. The summed E-state index contributed by atoms with van der Waals surface area (Å²) in [7, 11) is 0. The molecule has 0 heterocycles. The van der Waals surface area contributed by atoms with Crippen molar-refractivity contribution >= 4 is 29.1 Å². The molecule has 0 bridgehead atoms. The SMILES string of the molecule is CC(=O)OCC(=O)[C@@]1(O)CC[C@H]2[C@@H]3CCC4=CC(=O)CC(=O)[C@]4(C)[C@H]3C(=O)C[C@@]21C. The van der Waals surface area contributed by atoms with E-state index in [9.17, 15) is 29.1 Å². The van der Waals surface area contributed by atoms with Gasteiger partial charge in [-0.1, -0.05) is 12.5 Å². The molecule has 4 aliphatic carbocycles. The van der Waals surface area contributed by atoms with E-state index in [2.05, 4.69) is 0 Å². The first-order valence-electron chi connectivity index (χ1n) is 10.6. The highest BCUT2D eigenvalue weighted by Crippen LogP contribution is 2.66. The van der Waals surface area contributed by atoms with E-state index in [0.717, 1.165) is 5.57 Å². The van der Waals surface area contributed by atoms with Crippen molar-refractivity contribution in [1.29, 1.82) is 0 Å². The summed E-state index contributed by atoms with van der Waals surface area (Å²) in [6.45, 7) is 4.26. The third-order valence-corrected chi connectivity index (χ3v) is 8.57. The number of ketones is 4. The molecule has 0 unspecified atom stereocenters. The molecule has 4 rings (SSSR count). The lowest BCUT2D eigenvalue weighted by molar-refractivity contribution is -0.174. The van der Waals surface area contributed by atoms with Crippen LogP contribution in [-0.4, -0.2) is 46.4 Å². The van der Waals surface area contributed by atoms with Crippen molar-refractivity contribution < 1.29 is 33.8 Å². The minimum atomic E-state index is -1.74. The average Bonchev–Trinajstić information content (AvgIpc) is 2.92. The summed E-state index contributed by atoms with van der Waals surface area (Å²) in [5, 5.41) is 11.4. The summed E-state index contributed by atoms with van der Waals surface area (Å²) >= 11 is 0. The minimum absolute atomic E-state index is 0.00869. The fourth-order valence-electron chi connectivity index (χ4n) is 6.99. The third-order valence-electron chi connectivity index (χ3n) is 8.57. The van der Waals surface area contributed by atoms with Crippen molar-refractivity contribution in [2.24, 2.45) is 28.6 Å². The van der Waals surface area contributed by atoms with Crippen LogP contribution in [0.15, 0.2) is 11.6 Å². The number of Topliss-reactive ketones (excluding diaryl/α,β-unsaturated/α-hetero) is 3. The number of esters is 1. The van der Waals surface area contributed by atoms with Crippen molar-refractivity contribution in [2.45, 2.75) is 64.9 Å². The summed E-state index contributed by atoms with van der Waals surface area (Å²) in [6.07, 6.45) is 3.34. The Balaban J connectivity index is 1.70. The van der Waals surface area contributed by atoms with Gasteiger partial charge in [-0.15, -0.1) is 0 Å². The topological polar surface area (TPSA) is 115 Å². The largest absolute Gasteiger partial charge is 0.458 e. The smallest absolute Gasteiger partial charge is 0.303 e. The number of carbonyl (C=O) groups excluding carboxylic acids is 5. The fourth-order valence-corrected chi connectivity index (χ4v) is 6.99. The van der Waals surface area contributed by atoms with Gasteiger partial charge in [0.2, 0.25) is 5.78 Å². The predicted molar refractivity (Wildman–Crippen MR) is 104 cm³/mol. The van der Waals surface area contributed by atoms with Crippen LogP contribution >= 0.6 is 0 Å². The van der Waals surface area contributed by atoms with Crippen LogP contribution in [0.2, 0.25) is 0 Å². The van der Waals surface area contributed by atoms with Crippen LogP contribution in [0, 0.1) is 28.6 Å². The first-order valence-corrected chi connectivity index (χ1v) is 10.6. The third kappa shape index (κ3) is 2.63. The summed E-state index contributed by atoms with van der Waals surface area (Å²) < 4.78 is 4.83. The van der Waals surface area contributed by atoms with E-state index in [1.807, 2.05) is 0 Å². The first kappa shape index (κ1) is 21.1. The van der Waals surface area contributed by atoms with Crippen LogP contribution in [-0.2, 0) is 28.7 Å². The summed E-state index contributed by atoms with van der Waals surface area (Å²) in [6, 6.07) is 0. The maximum Gasteiger partial charge on any atom is 0.303 e. The molecule has 4 aliphatic rings. The van der Waals surface area contributed by atoms with Gasteiger partial charge in [0.15, 0.2) is 18.2 Å². The lowest BCUT2D eigenvalue weighted by Gasteiger charge is -2.56. The Bertz CT molecular complexity index is 901. The van der Waals surface area contributed by atoms with E-state index in [1.165, 1.54) is 6.92 Å². The molecule has 0 amide bonds. The highest BCUT2D eigenvalue weighted by Gasteiger charge is 2.69. The Morgan fingerprint density at radius 1 is 1.20 bits per heavy atom. The lowest BCUT2D eigenvalue weighted by Crippen LogP contribution is -2.62. The zero-order chi connectivity index (χ0) is 22.1. The molecule has 7 nitrogen and oxygen atoms in total.